The number of methoxy groups -OCH3 is 1. The van der Waals surface area contributed by atoms with Crippen LogP contribution in [0.4, 0.5) is 0 Å². The minimum atomic E-state index is -0.914. The molecule has 1 amide bonds. The Labute approximate surface area is 186 Å². The maximum atomic E-state index is 11.6. The van der Waals surface area contributed by atoms with E-state index in [1.165, 1.54) is 0 Å². The molecule has 7 nitrogen and oxygen atoms in total. The number of rotatable bonds is 6. The van der Waals surface area contributed by atoms with Crippen LogP contribution < -0.4 is 5.73 Å². The highest BCUT2D eigenvalue weighted by atomic mass is 16.5. The smallest absolute Gasteiger partial charge is 0.235 e. The molecular formula is C25H25N5O2. The van der Waals surface area contributed by atoms with Gasteiger partial charge in [0.05, 0.1) is 36.6 Å². The van der Waals surface area contributed by atoms with Crippen molar-refractivity contribution in [1.29, 1.82) is 0 Å². The first-order valence-electron chi connectivity index (χ1n) is 10.3. The predicted octanol–water partition coefficient (Wildman–Crippen LogP) is 3.37. The molecule has 4 aromatic rings. The lowest BCUT2D eigenvalue weighted by Crippen LogP contribution is -2.29. The van der Waals surface area contributed by atoms with Gasteiger partial charge in [0.15, 0.2) is 0 Å². The summed E-state index contributed by atoms with van der Waals surface area (Å²) >= 11 is 0. The summed E-state index contributed by atoms with van der Waals surface area (Å²) in [5, 5.41) is 8.86. The summed E-state index contributed by atoms with van der Waals surface area (Å²) in [7, 11) is 1.68. The Morgan fingerprint density at radius 1 is 1.09 bits per heavy atom. The molecule has 2 N–H and O–H groups in total. The Balaban J connectivity index is 1.68. The van der Waals surface area contributed by atoms with Crippen LogP contribution in [0.5, 0.6) is 0 Å². The second kappa shape index (κ2) is 8.69. The van der Waals surface area contributed by atoms with Crippen molar-refractivity contribution in [2.75, 3.05) is 13.7 Å². The topological polar surface area (TPSA) is 87.4 Å². The molecule has 7 heteroatoms. The SMILES string of the molecule is COCCn1cc(-c2ccc(-c3cnn4cccc(C#CC(C)(C)C(N)=O)c34)cc2)cn1. The molecular weight excluding hydrogens is 402 g/mol. The lowest BCUT2D eigenvalue weighted by molar-refractivity contribution is -0.123. The van der Waals surface area contributed by atoms with Gasteiger partial charge >= 0.3 is 0 Å². The summed E-state index contributed by atoms with van der Waals surface area (Å²) in [5.74, 6) is 5.68. The Bertz CT molecular complexity index is 1320. The predicted molar refractivity (Wildman–Crippen MR) is 124 cm³/mol. The van der Waals surface area contributed by atoms with Crippen LogP contribution in [0.2, 0.25) is 0 Å². The number of carbonyl (C=O) groups is 1. The Kier molecular flexibility index (Phi) is 5.80. The number of nitrogens with two attached hydrogens (primary N) is 1. The van der Waals surface area contributed by atoms with Crippen LogP contribution in [0.25, 0.3) is 27.8 Å². The monoisotopic (exact) mass is 427 g/mol. The molecule has 0 spiro atoms. The number of benzene rings is 1. The number of pyridine rings is 1. The van der Waals surface area contributed by atoms with E-state index < -0.39 is 11.3 Å². The van der Waals surface area contributed by atoms with Crippen LogP contribution in [0.15, 0.2) is 61.2 Å². The molecule has 3 aromatic heterocycles. The van der Waals surface area contributed by atoms with E-state index in [9.17, 15) is 4.79 Å². The molecule has 3 heterocycles. The summed E-state index contributed by atoms with van der Waals surface area (Å²) in [5.41, 5.74) is 10.4. The van der Waals surface area contributed by atoms with E-state index in [0.717, 1.165) is 33.3 Å². The zero-order valence-corrected chi connectivity index (χ0v) is 18.4. The fourth-order valence-corrected chi connectivity index (χ4v) is 3.30. The van der Waals surface area contributed by atoms with E-state index in [1.54, 1.807) is 25.5 Å². The number of amides is 1. The Morgan fingerprint density at radius 3 is 2.56 bits per heavy atom. The van der Waals surface area contributed by atoms with Crippen molar-refractivity contribution in [2.24, 2.45) is 11.1 Å². The van der Waals surface area contributed by atoms with Gasteiger partial charge in [-0.05, 0) is 37.1 Å². The molecule has 0 saturated carbocycles. The normalized spacial score (nSPS) is 11.3. The molecule has 162 valence electrons. The molecule has 0 aliphatic heterocycles. The number of primary amides is 1. The van der Waals surface area contributed by atoms with Gasteiger partial charge in [0.2, 0.25) is 5.91 Å². The van der Waals surface area contributed by atoms with Crippen LogP contribution in [0, 0.1) is 17.3 Å². The lowest BCUT2D eigenvalue weighted by Gasteiger charge is -2.11. The summed E-state index contributed by atoms with van der Waals surface area (Å²) in [6.07, 6.45) is 7.58. The van der Waals surface area contributed by atoms with Gasteiger partial charge in [0.25, 0.3) is 0 Å². The summed E-state index contributed by atoms with van der Waals surface area (Å²) in [4.78, 5) is 11.6. The van der Waals surface area contributed by atoms with E-state index >= 15 is 0 Å². The van der Waals surface area contributed by atoms with Crippen molar-refractivity contribution in [3.63, 3.8) is 0 Å². The largest absolute Gasteiger partial charge is 0.383 e. The van der Waals surface area contributed by atoms with Gasteiger partial charge < -0.3 is 10.5 Å². The quantitative estimate of drug-likeness (QED) is 0.478. The van der Waals surface area contributed by atoms with Crippen molar-refractivity contribution in [3.05, 3.63) is 66.7 Å². The maximum absolute atomic E-state index is 11.6. The van der Waals surface area contributed by atoms with Crippen molar-refractivity contribution in [3.8, 4) is 34.1 Å². The first-order valence-corrected chi connectivity index (χ1v) is 10.3. The molecule has 0 fully saturated rings. The molecule has 4 rings (SSSR count). The number of fused-ring (bicyclic) bond motifs is 1. The van der Waals surface area contributed by atoms with Crippen molar-refractivity contribution < 1.29 is 9.53 Å². The number of ether oxygens (including phenoxy) is 1. The minimum absolute atomic E-state index is 0.452. The van der Waals surface area contributed by atoms with E-state index in [0.29, 0.717) is 13.2 Å². The fourth-order valence-electron chi connectivity index (χ4n) is 3.30. The van der Waals surface area contributed by atoms with Gasteiger partial charge in [0.1, 0.15) is 5.41 Å². The zero-order chi connectivity index (χ0) is 22.7. The summed E-state index contributed by atoms with van der Waals surface area (Å²) in [6.45, 7) is 4.77. The number of hydrogen-bond donors (Lipinski definition) is 1. The Hall–Kier alpha value is -3.89. The molecule has 0 saturated heterocycles. The molecule has 0 unspecified atom stereocenters. The molecule has 0 atom stereocenters. The zero-order valence-electron chi connectivity index (χ0n) is 18.4. The molecule has 1 aromatic carbocycles. The average Bonchev–Trinajstić information content (AvgIpc) is 3.44. The second-order valence-corrected chi connectivity index (χ2v) is 8.07. The van der Waals surface area contributed by atoms with Crippen LogP contribution >= 0.6 is 0 Å². The highest BCUT2D eigenvalue weighted by Gasteiger charge is 2.21. The van der Waals surface area contributed by atoms with E-state index in [4.69, 9.17) is 10.5 Å². The molecule has 0 aliphatic carbocycles. The third kappa shape index (κ3) is 4.27. The molecule has 0 bridgehead atoms. The lowest BCUT2D eigenvalue weighted by atomic mass is 9.93. The number of nitrogens with zero attached hydrogens (tertiary/aromatic N) is 4. The van der Waals surface area contributed by atoms with E-state index in [1.807, 2.05) is 41.6 Å². The highest BCUT2D eigenvalue weighted by Crippen LogP contribution is 2.29. The van der Waals surface area contributed by atoms with Crippen molar-refractivity contribution in [1.82, 2.24) is 19.4 Å². The first-order chi connectivity index (χ1) is 15.4. The van der Waals surface area contributed by atoms with Crippen LogP contribution in [0.3, 0.4) is 0 Å². The summed E-state index contributed by atoms with van der Waals surface area (Å²) in [6, 6.07) is 12.1. The third-order valence-corrected chi connectivity index (χ3v) is 5.35. The molecule has 32 heavy (non-hydrogen) atoms. The van der Waals surface area contributed by atoms with Gasteiger partial charge in [-0.15, -0.1) is 0 Å². The number of aromatic nitrogens is 4. The van der Waals surface area contributed by atoms with Crippen molar-refractivity contribution in [2.45, 2.75) is 20.4 Å². The Morgan fingerprint density at radius 2 is 1.84 bits per heavy atom. The second-order valence-electron chi connectivity index (χ2n) is 8.07. The van der Waals surface area contributed by atoms with E-state index in [2.05, 4.69) is 46.3 Å². The first kappa shape index (κ1) is 21.3. The third-order valence-electron chi connectivity index (χ3n) is 5.35. The highest BCUT2D eigenvalue weighted by molar-refractivity contribution is 5.87. The van der Waals surface area contributed by atoms with Gasteiger partial charge in [-0.2, -0.15) is 10.2 Å². The molecule has 0 aliphatic rings. The van der Waals surface area contributed by atoms with Gasteiger partial charge in [-0.1, -0.05) is 36.1 Å². The summed E-state index contributed by atoms with van der Waals surface area (Å²) < 4.78 is 8.78. The minimum Gasteiger partial charge on any atom is -0.383 e. The van der Waals surface area contributed by atoms with Crippen LogP contribution in [-0.4, -0.2) is 39.0 Å². The molecule has 0 radical (unpaired) electrons. The standard InChI is InChI=1S/C25H25N5O2/c1-25(2,24(26)31)11-10-20-5-4-12-30-23(20)22(16-28-30)19-8-6-18(7-9-19)21-15-27-29(17-21)13-14-32-3/h4-9,12,15-17H,13-14H2,1-3H3,(H2,26,31). The fraction of sp³-hybridized carbons (Fsp3) is 0.240. The number of carbonyl (C=O) groups excluding carboxylic acids is 1. The van der Waals surface area contributed by atoms with Crippen LogP contribution in [0.1, 0.15) is 19.4 Å². The van der Waals surface area contributed by atoms with Gasteiger partial charge in [0, 0.05) is 30.6 Å². The average molecular weight is 428 g/mol. The van der Waals surface area contributed by atoms with Crippen molar-refractivity contribution >= 4 is 11.4 Å². The van der Waals surface area contributed by atoms with E-state index in [-0.39, 0.29) is 0 Å². The maximum Gasteiger partial charge on any atom is 0.235 e. The van der Waals surface area contributed by atoms with Crippen LogP contribution in [-0.2, 0) is 16.1 Å². The van der Waals surface area contributed by atoms with Gasteiger partial charge in [-0.3, -0.25) is 9.48 Å². The number of hydrogen-bond acceptors (Lipinski definition) is 4. The van der Waals surface area contributed by atoms with Gasteiger partial charge in [-0.25, -0.2) is 4.52 Å².